The standard InChI is InChI=1S/C9H11NO3/c1-13-8-3-2-7(4-5-11)9(6-8)10-12/h2-3,6,11H,4-5H2,1H3. The molecule has 0 aliphatic carbocycles. The van der Waals surface area contributed by atoms with Crippen LogP contribution in [0.15, 0.2) is 23.4 Å². The van der Waals surface area contributed by atoms with E-state index in [1.807, 2.05) is 0 Å². The zero-order valence-corrected chi connectivity index (χ0v) is 7.36. The van der Waals surface area contributed by atoms with Crippen molar-refractivity contribution in [3.8, 4) is 5.75 Å². The Hall–Kier alpha value is -1.42. The minimum atomic E-state index is 0.00878. The van der Waals surface area contributed by atoms with E-state index in [1.54, 1.807) is 18.2 Å². The number of ether oxygens (including phenoxy) is 1. The molecule has 0 aliphatic heterocycles. The summed E-state index contributed by atoms with van der Waals surface area (Å²) < 4.78 is 4.93. The summed E-state index contributed by atoms with van der Waals surface area (Å²) in [5.74, 6) is 0.594. The van der Waals surface area contributed by atoms with Gasteiger partial charge in [-0.05, 0) is 23.2 Å². The van der Waals surface area contributed by atoms with Crippen LogP contribution in [0.1, 0.15) is 5.56 Å². The second-order valence-electron chi connectivity index (χ2n) is 2.56. The van der Waals surface area contributed by atoms with E-state index in [9.17, 15) is 4.91 Å². The van der Waals surface area contributed by atoms with Crippen LogP contribution in [0.25, 0.3) is 0 Å². The van der Waals surface area contributed by atoms with E-state index in [-0.39, 0.29) is 6.61 Å². The van der Waals surface area contributed by atoms with Gasteiger partial charge in [-0.25, -0.2) is 0 Å². The maximum Gasteiger partial charge on any atom is 0.121 e. The first kappa shape index (κ1) is 9.67. The van der Waals surface area contributed by atoms with Gasteiger partial charge in [-0.2, -0.15) is 0 Å². The summed E-state index contributed by atoms with van der Waals surface area (Å²) in [4.78, 5) is 10.4. The molecule has 0 amide bonds. The van der Waals surface area contributed by atoms with Crippen molar-refractivity contribution in [3.05, 3.63) is 28.7 Å². The molecule has 1 aromatic rings. The molecule has 0 bridgehead atoms. The number of rotatable bonds is 4. The summed E-state index contributed by atoms with van der Waals surface area (Å²) in [6.45, 7) is 0.00878. The third-order valence-corrected chi connectivity index (χ3v) is 1.77. The lowest BCUT2D eigenvalue weighted by Gasteiger charge is -2.03. The van der Waals surface area contributed by atoms with Crippen molar-refractivity contribution >= 4 is 5.69 Å². The number of aliphatic hydroxyl groups excluding tert-OH is 1. The van der Waals surface area contributed by atoms with Crippen LogP contribution in [0.3, 0.4) is 0 Å². The lowest BCUT2D eigenvalue weighted by molar-refractivity contribution is 0.299. The second kappa shape index (κ2) is 4.57. The number of aliphatic hydroxyl groups is 1. The molecule has 0 atom stereocenters. The number of methoxy groups -OCH3 is 1. The number of nitroso groups, excluding NO2 is 1. The molecule has 0 spiro atoms. The van der Waals surface area contributed by atoms with Crippen molar-refractivity contribution in [3.63, 3.8) is 0 Å². The predicted molar refractivity (Wildman–Crippen MR) is 49.2 cm³/mol. The Morgan fingerprint density at radius 1 is 1.54 bits per heavy atom. The first-order valence-electron chi connectivity index (χ1n) is 3.93. The van der Waals surface area contributed by atoms with E-state index >= 15 is 0 Å². The van der Waals surface area contributed by atoms with E-state index in [0.29, 0.717) is 17.9 Å². The van der Waals surface area contributed by atoms with Gasteiger partial charge in [0, 0.05) is 12.7 Å². The smallest absolute Gasteiger partial charge is 0.121 e. The van der Waals surface area contributed by atoms with Crippen molar-refractivity contribution in [1.82, 2.24) is 0 Å². The molecule has 0 unspecified atom stereocenters. The molecule has 1 N–H and O–H groups in total. The first-order valence-corrected chi connectivity index (χ1v) is 3.93. The summed E-state index contributed by atoms with van der Waals surface area (Å²) in [5.41, 5.74) is 1.06. The van der Waals surface area contributed by atoms with Crippen molar-refractivity contribution in [2.75, 3.05) is 13.7 Å². The van der Waals surface area contributed by atoms with Gasteiger partial charge >= 0.3 is 0 Å². The van der Waals surface area contributed by atoms with Gasteiger partial charge in [0.05, 0.1) is 7.11 Å². The Bertz CT molecular complexity index is 299. The molecule has 0 saturated carbocycles. The highest BCUT2D eigenvalue weighted by atomic mass is 16.5. The van der Waals surface area contributed by atoms with Crippen LogP contribution in [0.2, 0.25) is 0 Å². The quantitative estimate of drug-likeness (QED) is 0.718. The summed E-state index contributed by atoms with van der Waals surface area (Å²) in [6, 6.07) is 5.02. The summed E-state index contributed by atoms with van der Waals surface area (Å²) >= 11 is 0. The van der Waals surface area contributed by atoms with E-state index < -0.39 is 0 Å². The van der Waals surface area contributed by atoms with Crippen LogP contribution in [0, 0.1) is 4.91 Å². The van der Waals surface area contributed by atoms with Gasteiger partial charge in [-0.1, -0.05) is 6.07 Å². The molecule has 0 radical (unpaired) electrons. The van der Waals surface area contributed by atoms with Gasteiger partial charge in [0.2, 0.25) is 0 Å². The van der Waals surface area contributed by atoms with Gasteiger partial charge in [0.1, 0.15) is 11.4 Å². The molecule has 0 aliphatic rings. The summed E-state index contributed by atoms with van der Waals surface area (Å²) in [5, 5.41) is 11.5. The van der Waals surface area contributed by atoms with Crippen LogP contribution in [0.5, 0.6) is 5.75 Å². The van der Waals surface area contributed by atoms with Gasteiger partial charge in [0.25, 0.3) is 0 Å². The number of nitrogens with zero attached hydrogens (tertiary/aromatic N) is 1. The van der Waals surface area contributed by atoms with E-state index in [1.165, 1.54) is 7.11 Å². The highest BCUT2D eigenvalue weighted by molar-refractivity contribution is 5.50. The van der Waals surface area contributed by atoms with Gasteiger partial charge < -0.3 is 9.84 Å². The molecule has 13 heavy (non-hydrogen) atoms. The van der Waals surface area contributed by atoms with E-state index in [2.05, 4.69) is 5.18 Å². The molecule has 0 heterocycles. The predicted octanol–water partition coefficient (Wildman–Crippen LogP) is 1.63. The molecule has 0 fully saturated rings. The number of hydrogen-bond donors (Lipinski definition) is 1. The maximum atomic E-state index is 10.4. The molecule has 1 aromatic carbocycles. The minimum absolute atomic E-state index is 0.00878. The van der Waals surface area contributed by atoms with Crippen LogP contribution < -0.4 is 4.74 Å². The second-order valence-corrected chi connectivity index (χ2v) is 2.56. The van der Waals surface area contributed by atoms with Crippen LogP contribution in [-0.4, -0.2) is 18.8 Å². The normalized spacial score (nSPS) is 9.69. The Kier molecular flexibility index (Phi) is 3.40. The largest absolute Gasteiger partial charge is 0.497 e. The Balaban J connectivity index is 3.00. The first-order chi connectivity index (χ1) is 6.31. The van der Waals surface area contributed by atoms with Crippen molar-refractivity contribution in [2.45, 2.75) is 6.42 Å². The van der Waals surface area contributed by atoms with Crippen molar-refractivity contribution in [1.29, 1.82) is 0 Å². The fraction of sp³-hybridized carbons (Fsp3) is 0.333. The van der Waals surface area contributed by atoms with Gasteiger partial charge in [-0.15, -0.1) is 4.91 Å². The highest BCUT2D eigenvalue weighted by Gasteiger charge is 2.03. The van der Waals surface area contributed by atoms with Crippen LogP contribution in [0.4, 0.5) is 5.69 Å². The van der Waals surface area contributed by atoms with Crippen molar-refractivity contribution in [2.24, 2.45) is 5.18 Å². The van der Waals surface area contributed by atoms with Gasteiger partial charge in [0.15, 0.2) is 0 Å². The molecule has 4 heteroatoms. The minimum Gasteiger partial charge on any atom is -0.497 e. The molecule has 70 valence electrons. The monoisotopic (exact) mass is 181 g/mol. The molecule has 0 aromatic heterocycles. The summed E-state index contributed by atoms with van der Waals surface area (Å²) in [6.07, 6.45) is 0.436. The molecular weight excluding hydrogens is 170 g/mol. The third-order valence-electron chi connectivity index (χ3n) is 1.77. The number of benzene rings is 1. The SMILES string of the molecule is COc1ccc(CCO)c(N=O)c1. The molecule has 0 saturated heterocycles. The molecule has 4 nitrogen and oxygen atoms in total. The molecular formula is C9H11NO3. The lowest BCUT2D eigenvalue weighted by Crippen LogP contribution is -1.91. The lowest BCUT2D eigenvalue weighted by atomic mass is 10.1. The average molecular weight is 181 g/mol. The highest BCUT2D eigenvalue weighted by Crippen LogP contribution is 2.25. The fourth-order valence-electron chi connectivity index (χ4n) is 1.09. The zero-order valence-electron chi connectivity index (χ0n) is 7.36. The number of hydrogen-bond acceptors (Lipinski definition) is 4. The van der Waals surface area contributed by atoms with E-state index in [0.717, 1.165) is 5.56 Å². The maximum absolute atomic E-state index is 10.4. The Labute approximate surface area is 76.1 Å². The average Bonchev–Trinajstić information content (AvgIpc) is 2.19. The Morgan fingerprint density at radius 2 is 2.31 bits per heavy atom. The van der Waals surface area contributed by atoms with Crippen LogP contribution in [-0.2, 0) is 6.42 Å². The summed E-state index contributed by atoms with van der Waals surface area (Å²) in [7, 11) is 1.52. The topological polar surface area (TPSA) is 58.9 Å². The van der Waals surface area contributed by atoms with Crippen molar-refractivity contribution < 1.29 is 9.84 Å². The van der Waals surface area contributed by atoms with Gasteiger partial charge in [-0.3, -0.25) is 0 Å². The van der Waals surface area contributed by atoms with E-state index in [4.69, 9.17) is 9.84 Å². The third kappa shape index (κ3) is 2.26. The molecule has 1 rings (SSSR count). The Morgan fingerprint density at radius 3 is 2.85 bits per heavy atom. The fourth-order valence-corrected chi connectivity index (χ4v) is 1.09. The zero-order chi connectivity index (χ0) is 9.68. The van der Waals surface area contributed by atoms with Crippen LogP contribution >= 0.6 is 0 Å².